The first kappa shape index (κ1) is 17.6. The summed E-state index contributed by atoms with van der Waals surface area (Å²) in [5.74, 6) is 0.0935. The molecule has 0 spiro atoms. The van der Waals surface area contributed by atoms with Crippen LogP contribution >= 0.6 is 23.2 Å². The molecule has 1 aliphatic carbocycles. The predicted octanol–water partition coefficient (Wildman–Crippen LogP) is 5.38. The van der Waals surface area contributed by atoms with E-state index in [1.807, 2.05) is 12.2 Å². The van der Waals surface area contributed by atoms with Crippen molar-refractivity contribution in [3.05, 3.63) is 68.7 Å². The van der Waals surface area contributed by atoms with Gasteiger partial charge < -0.3 is 11.5 Å². The molecule has 128 valence electrons. The maximum atomic E-state index is 12.5. The summed E-state index contributed by atoms with van der Waals surface area (Å²) in [6.07, 6.45) is 5.87. The van der Waals surface area contributed by atoms with Gasteiger partial charge in [0.05, 0.1) is 0 Å². The van der Waals surface area contributed by atoms with Crippen LogP contribution in [0.3, 0.4) is 0 Å². The van der Waals surface area contributed by atoms with Crippen LogP contribution in [0.4, 0.5) is 11.4 Å². The molecule has 2 aromatic rings. The van der Waals surface area contributed by atoms with Gasteiger partial charge in [0.25, 0.3) is 0 Å². The lowest BCUT2D eigenvalue weighted by Gasteiger charge is -2.18. The number of benzene rings is 2. The minimum atomic E-state index is 0.0935. The van der Waals surface area contributed by atoms with Crippen molar-refractivity contribution in [2.24, 2.45) is 0 Å². The Morgan fingerprint density at radius 3 is 2.00 bits per heavy atom. The van der Waals surface area contributed by atoms with E-state index in [-0.39, 0.29) is 5.78 Å². The smallest absolute Gasteiger partial charge is 0.163 e. The first-order valence-corrected chi connectivity index (χ1v) is 8.75. The lowest BCUT2D eigenvalue weighted by atomic mass is 9.86. The summed E-state index contributed by atoms with van der Waals surface area (Å²) >= 11 is 12.5. The lowest BCUT2D eigenvalue weighted by Crippen LogP contribution is -2.11. The number of halogens is 2. The van der Waals surface area contributed by atoms with E-state index < -0.39 is 0 Å². The van der Waals surface area contributed by atoms with Crippen molar-refractivity contribution in [2.45, 2.75) is 19.3 Å². The number of allylic oxidation sites excluding steroid dienone is 2. The molecule has 0 radical (unpaired) electrons. The van der Waals surface area contributed by atoms with Crippen molar-refractivity contribution < 1.29 is 4.79 Å². The maximum absolute atomic E-state index is 12.5. The van der Waals surface area contributed by atoms with Gasteiger partial charge >= 0.3 is 0 Å². The third-order valence-electron chi connectivity index (χ3n) is 4.17. The van der Waals surface area contributed by atoms with Gasteiger partial charge in [0.2, 0.25) is 0 Å². The largest absolute Gasteiger partial charge is 0.399 e. The quantitative estimate of drug-likeness (QED) is 0.549. The molecular formula is C20H18Cl2N2O. The number of hydrogen-bond acceptors (Lipinski definition) is 3. The number of hydrogen-bond donors (Lipinski definition) is 2. The molecule has 1 aliphatic rings. The highest BCUT2D eigenvalue weighted by atomic mass is 35.5. The zero-order valence-electron chi connectivity index (χ0n) is 13.6. The van der Waals surface area contributed by atoms with Crippen LogP contribution in [0.2, 0.25) is 10.0 Å². The molecule has 4 N–H and O–H groups in total. The fourth-order valence-corrected chi connectivity index (χ4v) is 3.24. The van der Waals surface area contributed by atoms with Crippen LogP contribution in [0.15, 0.2) is 47.5 Å². The van der Waals surface area contributed by atoms with Gasteiger partial charge in [-0.2, -0.15) is 0 Å². The van der Waals surface area contributed by atoms with E-state index in [9.17, 15) is 4.79 Å². The van der Waals surface area contributed by atoms with E-state index in [1.54, 1.807) is 36.4 Å². The molecule has 0 aliphatic heterocycles. The molecule has 0 heterocycles. The number of carbonyl (C=O) groups is 1. The molecule has 3 rings (SSSR count). The molecule has 0 atom stereocenters. The molecule has 5 heteroatoms. The van der Waals surface area contributed by atoms with E-state index in [4.69, 9.17) is 34.7 Å². The number of ketones is 1. The Bertz CT molecular complexity index is 901. The zero-order valence-corrected chi connectivity index (χ0v) is 15.1. The van der Waals surface area contributed by atoms with Crippen LogP contribution in [0.1, 0.15) is 30.4 Å². The zero-order chi connectivity index (χ0) is 18.0. The van der Waals surface area contributed by atoms with E-state index in [1.165, 1.54) is 0 Å². The normalized spacial score (nSPS) is 18.1. The number of Topliss-reactive ketones (excluding diaryl/α,β-unsaturated/α-hetero) is 1. The fourth-order valence-electron chi connectivity index (χ4n) is 2.90. The van der Waals surface area contributed by atoms with E-state index in [0.29, 0.717) is 33.4 Å². The number of nitrogens with two attached hydrogens (primary N) is 2. The van der Waals surface area contributed by atoms with E-state index >= 15 is 0 Å². The molecule has 25 heavy (non-hydrogen) atoms. The van der Waals surface area contributed by atoms with Crippen molar-refractivity contribution in [1.29, 1.82) is 0 Å². The summed E-state index contributed by atoms with van der Waals surface area (Å²) < 4.78 is 0. The standard InChI is InChI=1S/C20H18Cl2N2O/c21-18-6-4-15(23)9-13(18)8-12-2-1-3-20(25)17(12)11-14-10-16(24)5-7-19(14)22/h4-11H,1-3,23-24H2. The fraction of sp³-hybridized carbons (Fsp3) is 0.150. The van der Waals surface area contributed by atoms with Gasteiger partial charge in [-0.25, -0.2) is 0 Å². The van der Waals surface area contributed by atoms with Gasteiger partial charge in [0, 0.05) is 33.4 Å². The van der Waals surface area contributed by atoms with Crippen molar-refractivity contribution >= 4 is 52.5 Å². The Balaban J connectivity index is 2.09. The Morgan fingerprint density at radius 2 is 1.40 bits per heavy atom. The SMILES string of the molecule is Nc1ccc(Cl)c(C=C2CCCC(=O)C2=Cc2cc(N)ccc2Cl)c1. The average Bonchev–Trinajstić information content (AvgIpc) is 2.57. The minimum absolute atomic E-state index is 0.0935. The molecule has 0 aromatic heterocycles. The van der Waals surface area contributed by atoms with Crippen molar-refractivity contribution in [1.82, 2.24) is 0 Å². The monoisotopic (exact) mass is 372 g/mol. The Morgan fingerprint density at radius 1 is 0.840 bits per heavy atom. The van der Waals surface area contributed by atoms with Gasteiger partial charge in [-0.15, -0.1) is 0 Å². The molecule has 1 saturated carbocycles. The van der Waals surface area contributed by atoms with Crippen LogP contribution in [-0.2, 0) is 4.79 Å². The highest BCUT2D eigenvalue weighted by Crippen LogP contribution is 2.33. The highest BCUT2D eigenvalue weighted by molar-refractivity contribution is 6.32. The molecule has 0 amide bonds. The van der Waals surface area contributed by atoms with Crippen LogP contribution in [-0.4, -0.2) is 5.78 Å². The third-order valence-corrected chi connectivity index (χ3v) is 4.85. The first-order valence-electron chi connectivity index (χ1n) is 8.00. The van der Waals surface area contributed by atoms with Crippen molar-refractivity contribution in [3.8, 4) is 0 Å². The summed E-state index contributed by atoms with van der Waals surface area (Å²) in [4.78, 5) is 12.5. The molecule has 2 aromatic carbocycles. The second-order valence-electron chi connectivity index (χ2n) is 6.07. The average molecular weight is 373 g/mol. The summed E-state index contributed by atoms with van der Waals surface area (Å²) in [5, 5.41) is 1.16. The Hall–Kier alpha value is -2.23. The molecular weight excluding hydrogens is 355 g/mol. The Kier molecular flexibility index (Phi) is 5.16. The summed E-state index contributed by atoms with van der Waals surface area (Å²) in [6, 6.07) is 10.5. The summed E-state index contributed by atoms with van der Waals surface area (Å²) in [7, 11) is 0. The van der Waals surface area contributed by atoms with Crippen LogP contribution in [0, 0.1) is 0 Å². The summed E-state index contributed by atoms with van der Waals surface area (Å²) in [6.45, 7) is 0. The second kappa shape index (κ2) is 7.34. The van der Waals surface area contributed by atoms with Crippen LogP contribution in [0.25, 0.3) is 12.2 Å². The van der Waals surface area contributed by atoms with Crippen LogP contribution < -0.4 is 11.5 Å². The molecule has 1 fully saturated rings. The maximum Gasteiger partial charge on any atom is 0.163 e. The van der Waals surface area contributed by atoms with Gasteiger partial charge in [-0.05, 0) is 78.1 Å². The minimum Gasteiger partial charge on any atom is -0.399 e. The first-order chi connectivity index (χ1) is 11.9. The van der Waals surface area contributed by atoms with Gasteiger partial charge in [0.15, 0.2) is 5.78 Å². The molecule has 3 nitrogen and oxygen atoms in total. The number of anilines is 2. The molecule has 0 bridgehead atoms. The van der Waals surface area contributed by atoms with E-state index in [2.05, 4.69) is 0 Å². The lowest BCUT2D eigenvalue weighted by molar-refractivity contribution is -0.115. The molecule has 0 saturated heterocycles. The number of nitrogen functional groups attached to an aromatic ring is 2. The highest BCUT2D eigenvalue weighted by Gasteiger charge is 2.21. The van der Waals surface area contributed by atoms with Crippen molar-refractivity contribution in [2.75, 3.05) is 11.5 Å². The third kappa shape index (κ3) is 4.06. The van der Waals surface area contributed by atoms with Gasteiger partial charge in [-0.1, -0.05) is 23.2 Å². The second-order valence-corrected chi connectivity index (χ2v) is 6.88. The van der Waals surface area contributed by atoms with Gasteiger partial charge in [-0.3, -0.25) is 4.79 Å². The van der Waals surface area contributed by atoms with Crippen LogP contribution in [0.5, 0.6) is 0 Å². The van der Waals surface area contributed by atoms with Gasteiger partial charge in [0.1, 0.15) is 0 Å². The van der Waals surface area contributed by atoms with E-state index in [0.717, 1.165) is 29.5 Å². The predicted molar refractivity (Wildman–Crippen MR) is 107 cm³/mol. The number of carbonyl (C=O) groups excluding carboxylic acids is 1. The molecule has 0 unspecified atom stereocenters. The summed E-state index contributed by atoms with van der Waals surface area (Å²) in [5.41, 5.74) is 16.0. The van der Waals surface area contributed by atoms with Crippen molar-refractivity contribution in [3.63, 3.8) is 0 Å². The number of rotatable bonds is 2. The Labute approximate surface area is 156 Å². The topological polar surface area (TPSA) is 69.1 Å².